The first-order chi connectivity index (χ1) is 4.91. The zero-order chi connectivity index (χ0) is 7.66. The minimum absolute atomic E-state index is 1.24. The van der Waals surface area contributed by atoms with Crippen LogP contribution in [0.1, 0.15) is 0 Å². The molecule has 0 aliphatic heterocycles. The summed E-state index contributed by atoms with van der Waals surface area (Å²) in [5, 5.41) is 6.64. The minimum atomic E-state index is 1.24. The van der Waals surface area contributed by atoms with E-state index in [9.17, 15) is 0 Å². The van der Waals surface area contributed by atoms with E-state index in [2.05, 4.69) is 6.58 Å². The fourth-order valence-corrected chi connectivity index (χ4v) is 0.391. The molecule has 0 saturated heterocycles. The molecule has 0 saturated carbocycles. The third kappa shape index (κ3) is 6.63. The third-order valence-corrected chi connectivity index (χ3v) is 0.788. The van der Waals surface area contributed by atoms with Crippen molar-refractivity contribution in [2.45, 2.75) is 0 Å². The van der Waals surface area contributed by atoms with Gasteiger partial charge in [0.05, 0.1) is 0 Å². The highest BCUT2D eigenvalue weighted by molar-refractivity contribution is 5.68. The predicted molar refractivity (Wildman–Crippen MR) is 46.4 cm³/mol. The average Bonchev–Trinajstić information content (AvgIpc) is 1.97. The first-order valence-corrected chi connectivity index (χ1v) is 3.03. The lowest BCUT2D eigenvalue weighted by atomic mass is 10.4. The van der Waals surface area contributed by atoms with Crippen LogP contribution in [0.5, 0.6) is 0 Å². The number of allylic oxidation sites excluding steroid dienone is 7. The van der Waals surface area contributed by atoms with Gasteiger partial charge in [0.1, 0.15) is 0 Å². The maximum absolute atomic E-state index is 6.64. The van der Waals surface area contributed by atoms with Gasteiger partial charge in [0.15, 0.2) is 0 Å². The van der Waals surface area contributed by atoms with E-state index < -0.39 is 0 Å². The molecule has 10 heavy (non-hydrogen) atoms. The van der Waals surface area contributed by atoms with Crippen molar-refractivity contribution in [2.24, 2.45) is 0 Å². The fraction of sp³-hybridized carbons (Fsp3) is 0. The van der Waals surface area contributed by atoms with Crippen LogP contribution in [-0.2, 0) is 0 Å². The molecule has 0 heterocycles. The molecule has 0 spiro atoms. The van der Waals surface area contributed by atoms with E-state index in [0.717, 1.165) is 0 Å². The van der Waals surface area contributed by atoms with E-state index >= 15 is 0 Å². The molecule has 0 aliphatic rings. The fourth-order valence-electron chi connectivity index (χ4n) is 0.391. The van der Waals surface area contributed by atoms with Crippen molar-refractivity contribution < 1.29 is 0 Å². The first kappa shape index (κ1) is 8.63. The van der Waals surface area contributed by atoms with E-state index in [1.54, 1.807) is 18.2 Å². The van der Waals surface area contributed by atoms with Crippen LogP contribution in [0.25, 0.3) is 0 Å². The molecule has 0 atom stereocenters. The SMILES string of the molecule is C=CC=CC=CC=CC=N. The molecule has 0 radical (unpaired) electrons. The second kappa shape index (κ2) is 7.63. The van der Waals surface area contributed by atoms with Gasteiger partial charge in [0.2, 0.25) is 0 Å². The Kier molecular flexibility index (Phi) is 6.58. The lowest BCUT2D eigenvalue weighted by Crippen LogP contribution is -1.54. The second-order valence-electron chi connectivity index (χ2n) is 1.56. The van der Waals surface area contributed by atoms with Crippen LogP contribution < -0.4 is 0 Å². The molecule has 52 valence electrons. The summed E-state index contributed by atoms with van der Waals surface area (Å²) >= 11 is 0. The summed E-state index contributed by atoms with van der Waals surface area (Å²) in [6.45, 7) is 3.52. The van der Waals surface area contributed by atoms with E-state index in [1.165, 1.54) is 6.21 Å². The van der Waals surface area contributed by atoms with Crippen molar-refractivity contribution in [1.29, 1.82) is 5.41 Å². The Balaban J connectivity index is 3.55. The molecule has 0 aliphatic carbocycles. The van der Waals surface area contributed by atoms with Crippen LogP contribution >= 0.6 is 0 Å². The van der Waals surface area contributed by atoms with Crippen molar-refractivity contribution in [2.75, 3.05) is 0 Å². The Morgan fingerprint density at radius 1 is 0.800 bits per heavy atom. The van der Waals surface area contributed by atoms with Gasteiger partial charge >= 0.3 is 0 Å². The van der Waals surface area contributed by atoms with Crippen LogP contribution in [0.4, 0.5) is 0 Å². The van der Waals surface area contributed by atoms with Crippen molar-refractivity contribution in [1.82, 2.24) is 0 Å². The summed E-state index contributed by atoms with van der Waals surface area (Å²) in [5.41, 5.74) is 0. The van der Waals surface area contributed by atoms with Gasteiger partial charge in [-0.1, -0.05) is 43.0 Å². The number of nitrogens with one attached hydrogen (secondary N) is 1. The van der Waals surface area contributed by atoms with Gasteiger partial charge in [-0.05, 0) is 6.08 Å². The minimum Gasteiger partial charge on any atom is -0.309 e. The van der Waals surface area contributed by atoms with Gasteiger partial charge in [0, 0.05) is 6.21 Å². The Morgan fingerprint density at radius 2 is 1.30 bits per heavy atom. The molecule has 1 N–H and O–H groups in total. The summed E-state index contributed by atoms with van der Waals surface area (Å²) < 4.78 is 0. The van der Waals surface area contributed by atoms with E-state index in [1.807, 2.05) is 24.3 Å². The van der Waals surface area contributed by atoms with Crippen LogP contribution in [-0.4, -0.2) is 6.21 Å². The molecule has 0 amide bonds. The van der Waals surface area contributed by atoms with Crippen molar-refractivity contribution in [3.8, 4) is 0 Å². The van der Waals surface area contributed by atoms with Crippen LogP contribution in [0, 0.1) is 5.41 Å². The molecule has 0 aromatic heterocycles. The normalized spacial score (nSPS) is 11.6. The first-order valence-electron chi connectivity index (χ1n) is 3.03. The molecule has 1 nitrogen and oxygen atoms in total. The van der Waals surface area contributed by atoms with Crippen LogP contribution in [0.15, 0.2) is 49.1 Å². The standard InChI is InChI=1S/C9H11N/c1-2-3-4-5-6-7-8-9-10/h2-10H,1H2. The molecule has 0 rings (SSSR count). The molecular weight excluding hydrogens is 122 g/mol. The Hall–Kier alpha value is -1.37. The summed E-state index contributed by atoms with van der Waals surface area (Å²) in [6, 6.07) is 0. The van der Waals surface area contributed by atoms with Gasteiger partial charge in [-0.25, -0.2) is 0 Å². The highest BCUT2D eigenvalue weighted by atomic mass is 14.3. The summed E-state index contributed by atoms with van der Waals surface area (Å²) in [7, 11) is 0. The Bertz CT molecular complexity index is 153. The quantitative estimate of drug-likeness (QED) is 0.450. The molecule has 0 unspecified atom stereocenters. The number of hydrogen-bond donors (Lipinski definition) is 1. The maximum Gasteiger partial charge on any atom is 0.0177 e. The molecule has 0 fully saturated rings. The van der Waals surface area contributed by atoms with E-state index in [-0.39, 0.29) is 0 Å². The third-order valence-electron chi connectivity index (χ3n) is 0.788. The lowest BCUT2D eigenvalue weighted by molar-refractivity contribution is 1.58. The van der Waals surface area contributed by atoms with Crippen molar-refractivity contribution >= 4 is 6.21 Å². The Morgan fingerprint density at radius 3 is 1.80 bits per heavy atom. The molecule has 0 aromatic carbocycles. The van der Waals surface area contributed by atoms with Crippen LogP contribution in [0.3, 0.4) is 0 Å². The molecular formula is C9H11N. The van der Waals surface area contributed by atoms with Gasteiger partial charge in [-0.15, -0.1) is 0 Å². The smallest absolute Gasteiger partial charge is 0.0177 e. The summed E-state index contributed by atoms with van der Waals surface area (Å²) in [5.74, 6) is 0. The monoisotopic (exact) mass is 133 g/mol. The summed E-state index contributed by atoms with van der Waals surface area (Å²) in [6.07, 6.45) is 13.8. The van der Waals surface area contributed by atoms with Gasteiger partial charge in [-0.3, -0.25) is 0 Å². The zero-order valence-electron chi connectivity index (χ0n) is 5.83. The average molecular weight is 133 g/mol. The molecule has 0 bridgehead atoms. The van der Waals surface area contributed by atoms with Crippen molar-refractivity contribution in [3.05, 3.63) is 49.1 Å². The largest absolute Gasteiger partial charge is 0.309 e. The Labute approximate surface area is 61.6 Å². The predicted octanol–water partition coefficient (Wildman–Crippen LogP) is 2.49. The number of hydrogen-bond acceptors (Lipinski definition) is 1. The van der Waals surface area contributed by atoms with Gasteiger partial charge in [0.25, 0.3) is 0 Å². The number of rotatable bonds is 4. The topological polar surface area (TPSA) is 23.9 Å². The van der Waals surface area contributed by atoms with Crippen molar-refractivity contribution in [3.63, 3.8) is 0 Å². The summed E-state index contributed by atoms with van der Waals surface area (Å²) in [4.78, 5) is 0. The van der Waals surface area contributed by atoms with Gasteiger partial charge < -0.3 is 5.41 Å². The van der Waals surface area contributed by atoms with E-state index in [0.29, 0.717) is 0 Å². The molecule has 1 heteroatoms. The van der Waals surface area contributed by atoms with E-state index in [4.69, 9.17) is 5.41 Å². The van der Waals surface area contributed by atoms with Gasteiger partial charge in [-0.2, -0.15) is 0 Å². The second-order valence-corrected chi connectivity index (χ2v) is 1.56. The molecule has 0 aromatic rings. The highest BCUT2D eigenvalue weighted by Gasteiger charge is 1.59. The highest BCUT2D eigenvalue weighted by Crippen LogP contribution is 1.78. The lowest BCUT2D eigenvalue weighted by Gasteiger charge is -1.70. The zero-order valence-corrected chi connectivity index (χ0v) is 5.83. The maximum atomic E-state index is 6.64. The van der Waals surface area contributed by atoms with Crippen LogP contribution in [0.2, 0.25) is 0 Å².